The average Bonchev–Trinajstić information content (AvgIpc) is 2.62. The number of carbonyl (C=O) groups excluding carboxylic acids is 1. The Morgan fingerprint density at radius 2 is 1.79 bits per heavy atom. The van der Waals surface area contributed by atoms with E-state index in [-0.39, 0.29) is 39.2 Å². The molecular weight excluding hydrogens is 434 g/mol. The maximum Gasteiger partial charge on any atom is 0.322 e. The summed E-state index contributed by atoms with van der Waals surface area (Å²) in [5, 5.41) is 14.0. The maximum absolute atomic E-state index is 14.5. The highest BCUT2D eigenvalue weighted by atomic mass is 35.5. The third-order valence-electron chi connectivity index (χ3n) is 3.51. The molecule has 150 valence electrons. The summed E-state index contributed by atoms with van der Waals surface area (Å²) < 4.78 is 20.0. The lowest BCUT2D eigenvalue weighted by molar-refractivity contribution is -0.135. The van der Waals surface area contributed by atoms with Crippen LogP contribution in [0.1, 0.15) is 22.8 Å². The number of rotatable bonds is 8. The number of aliphatic carboxylic acids is 1. The van der Waals surface area contributed by atoms with Crippen LogP contribution in [0, 0.1) is 5.82 Å². The molecule has 6 nitrogen and oxygen atoms in total. The van der Waals surface area contributed by atoms with Gasteiger partial charge < -0.3 is 20.5 Å². The summed E-state index contributed by atoms with van der Waals surface area (Å²) >= 11 is 18.3. The fourth-order valence-electron chi connectivity index (χ4n) is 2.31. The van der Waals surface area contributed by atoms with Gasteiger partial charge in [0.25, 0.3) is 5.91 Å². The van der Waals surface area contributed by atoms with E-state index in [4.69, 9.17) is 44.6 Å². The van der Waals surface area contributed by atoms with Crippen molar-refractivity contribution in [3.8, 4) is 5.75 Å². The Labute approximate surface area is 175 Å². The summed E-state index contributed by atoms with van der Waals surface area (Å²) in [4.78, 5) is 22.4. The molecule has 0 heterocycles. The zero-order valence-corrected chi connectivity index (χ0v) is 16.9. The minimum Gasteiger partial charge on any atom is -0.486 e. The number of carbonyl (C=O) groups is 2. The van der Waals surface area contributed by atoms with Crippen molar-refractivity contribution in [1.82, 2.24) is 5.32 Å². The third kappa shape index (κ3) is 5.64. The predicted octanol–water partition coefficient (Wildman–Crippen LogP) is 4.61. The second-order valence-electron chi connectivity index (χ2n) is 5.59. The molecular formula is C18H16Cl3FN2O4. The van der Waals surface area contributed by atoms with Crippen molar-refractivity contribution in [2.45, 2.75) is 13.5 Å². The van der Waals surface area contributed by atoms with Gasteiger partial charge in [-0.1, -0.05) is 34.8 Å². The summed E-state index contributed by atoms with van der Waals surface area (Å²) in [6.07, 6.45) is 0. The Balaban J connectivity index is 2.19. The molecule has 0 bridgehead atoms. The molecule has 2 aromatic rings. The lowest BCUT2D eigenvalue weighted by atomic mass is 10.2. The SMILES string of the molecule is CCNc1cc(Cl)cc(COc2c(Cl)cc(C(=O)NCC(=O)O)cc2Cl)c1F. The normalized spacial score (nSPS) is 10.5. The topological polar surface area (TPSA) is 87.7 Å². The fourth-order valence-corrected chi connectivity index (χ4v) is 3.14. The molecule has 10 heteroatoms. The van der Waals surface area contributed by atoms with Gasteiger partial charge in [-0.3, -0.25) is 9.59 Å². The van der Waals surface area contributed by atoms with Crippen molar-refractivity contribution < 1.29 is 23.8 Å². The molecule has 0 unspecified atom stereocenters. The number of amides is 1. The van der Waals surface area contributed by atoms with Crippen molar-refractivity contribution >= 4 is 52.4 Å². The highest BCUT2D eigenvalue weighted by Gasteiger charge is 2.17. The van der Waals surface area contributed by atoms with Crippen LogP contribution in [0.5, 0.6) is 5.75 Å². The maximum atomic E-state index is 14.5. The van der Waals surface area contributed by atoms with Gasteiger partial charge in [-0.25, -0.2) is 4.39 Å². The number of anilines is 1. The number of hydrogen-bond acceptors (Lipinski definition) is 4. The van der Waals surface area contributed by atoms with Crippen LogP contribution in [0.2, 0.25) is 15.1 Å². The fraction of sp³-hybridized carbons (Fsp3) is 0.222. The number of nitrogens with one attached hydrogen (secondary N) is 2. The van der Waals surface area contributed by atoms with Gasteiger partial charge in [-0.15, -0.1) is 0 Å². The largest absolute Gasteiger partial charge is 0.486 e. The summed E-state index contributed by atoms with van der Waals surface area (Å²) in [6.45, 7) is 1.59. The van der Waals surface area contributed by atoms with E-state index in [0.29, 0.717) is 11.6 Å². The Morgan fingerprint density at radius 3 is 2.36 bits per heavy atom. The van der Waals surface area contributed by atoms with Crippen LogP contribution in [0.4, 0.5) is 10.1 Å². The second-order valence-corrected chi connectivity index (χ2v) is 6.84. The molecule has 3 N–H and O–H groups in total. The van der Waals surface area contributed by atoms with Crippen LogP contribution in [0.15, 0.2) is 24.3 Å². The highest BCUT2D eigenvalue weighted by Crippen LogP contribution is 2.35. The van der Waals surface area contributed by atoms with E-state index >= 15 is 0 Å². The minimum atomic E-state index is -1.19. The monoisotopic (exact) mass is 448 g/mol. The van der Waals surface area contributed by atoms with Gasteiger partial charge in [0, 0.05) is 22.7 Å². The first-order valence-electron chi connectivity index (χ1n) is 8.06. The van der Waals surface area contributed by atoms with Crippen LogP contribution in [-0.4, -0.2) is 30.1 Å². The molecule has 0 aliphatic rings. The summed E-state index contributed by atoms with van der Waals surface area (Å²) in [6, 6.07) is 5.44. The number of ether oxygens (including phenoxy) is 1. The minimum absolute atomic E-state index is 0.0160. The molecule has 1 amide bonds. The molecule has 0 saturated heterocycles. The van der Waals surface area contributed by atoms with Crippen LogP contribution >= 0.6 is 34.8 Å². The van der Waals surface area contributed by atoms with Crippen molar-refractivity contribution in [1.29, 1.82) is 0 Å². The number of halogens is 4. The van der Waals surface area contributed by atoms with Gasteiger partial charge in [0.05, 0.1) is 15.7 Å². The third-order valence-corrected chi connectivity index (χ3v) is 4.29. The van der Waals surface area contributed by atoms with Crippen LogP contribution in [0.25, 0.3) is 0 Å². The van der Waals surface area contributed by atoms with Gasteiger partial charge in [0.2, 0.25) is 0 Å². The van der Waals surface area contributed by atoms with E-state index in [9.17, 15) is 14.0 Å². The van der Waals surface area contributed by atoms with E-state index in [1.54, 1.807) is 0 Å². The van der Waals surface area contributed by atoms with Gasteiger partial charge in [0.1, 0.15) is 13.2 Å². The standard InChI is InChI=1S/C18H16Cl3FN2O4/c1-2-23-14-6-11(19)3-10(16(14)22)8-28-17-12(20)4-9(5-13(17)21)18(27)24-7-15(25)26/h3-6,23H,2,7-8H2,1H3,(H,24,27)(H,25,26). The lowest BCUT2D eigenvalue weighted by Crippen LogP contribution is -2.29. The zero-order chi connectivity index (χ0) is 20.8. The second kappa shape index (κ2) is 9.82. The summed E-state index contributed by atoms with van der Waals surface area (Å²) in [5.74, 6) is -2.30. The molecule has 0 saturated carbocycles. The molecule has 0 radical (unpaired) electrons. The van der Waals surface area contributed by atoms with Gasteiger partial charge in [0.15, 0.2) is 11.6 Å². The van der Waals surface area contributed by atoms with Crippen LogP contribution in [0.3, 0.4) is 0 Å². The Bertz CT molecular complexity index is 886. The number of hydrogen-bond donors (Lipinski definition) is 3. The first-order chi connectivity index (χ1) is 13.2. The van der Waals surface area contributed by atoms with Crippen molar-refractivity contribution in [3.05, 3.63) is 56.3 Å². The van der Waals surface area contributed by atoms with Crippen molar-refractivity contribution in [2.75, 3.05) is 18.4 Å². The zero-order valence-electron chi connectivity index (χ0n) is 14.6. The molecule has 28 heavy (non-hydrogen) atoms. The first-order valence-corrected chi connectivity index (χ1v) is 9.20. The molecule has 2 rings (SSSR count). The van der Waals surface area contributed by atoms with Crippen LogP contribution < -0.4 is 15.4 Å². The number of carboxylic acid groups (broad SMARTS) is 1. The predicted molar refractivity (Wildman–Crippen MR) is 106 cm³/mol. The van der Waals surface area contributed by atoms with Crippen LogP contribution in [-0.2, 0) is 11.4 Å². The molecule has 2 aromatic carbocycles. The van der Waals surface area contributed by atoms with Gasteiger partial charge >= 0.3 is 5.97 Å². The smallest absolute Gasteiger partial charge is 0.322 e. The van der Waals surface area contributed by atoms with E-state index in [0.717, 1.165) is 0 Å². The molecule has 0 aromatic heterocycles. The Kier molecular flexibility index (Phi) is 7.74. The Morgan fingerprint density at radius 1 is 1.14 bits per heavy atom. The quantitative estimate of drug-likeness (QED) is 0.548. The van der Waals surface area contributed by atoms with Gasteiger partial charge in [-0.2, -0.15) is 0 Å². The van der Waals surface area contributed by atoms with Crippen molar-refractivity contribution in [3.63, 3.8) is 0 Å². The number of carboxylic acids is 1. The molecule has 0 atom stereocenters. The lowest BCUT2D eigenvalue weighted by Gasteiger charge is -2.14. The first kappa shape index (κ1) is 22.1. The highest BCUT2D eigenvalue weighted by molar-refractivity contribution is 6.37. The van der Waals surface area contributed by atoms with Gasteiger partial charge in [-0.05, 0) is 31.2 Å². The summed E-state index contributed by atoms with van der Waals surface area (Å²) in [5.41, 5.74) is 0.502. The Hall–Kier alpha value is -2.22. The van der Waals surface area contributed by atoms with E-state index in [1.165, 1.54) is 24.3 Å². The van der Waals surface area contributed by atoms with E-state index in [2.05, 4.69) is 10.6 Å². The molecule has 0 fully saturated rings. The van der Waals surface area contributed by atoms with Crippen molar-refractivity contribution in [2.24, 2.45) is 0 Å². The van der Waals surface area contributed by atoms with E-state index in [1.807, 2.05) is 6.92 Å². The van der Waals surface area contributed by atoms with E-state index < -0.39 is 24.2 Å². The molecule has 0 aliphatic carbocycles. The molecule has 0 aliphatic heterocycles. The average molecular weight is 450 g/mol. The molecule has 0 spiro atoms. The number of benzene rings is 2. The summed E-state index contributed by atoms with van der Waals surface area (Å²) in [7, 11) is 0.